The van der Waals surface area contributed by atoms with E-state index in [-0.39, 0.29) is 23.8 Å². The molecule has 1 fully saturated rings. The Morgan fingerprint density at radius 1 is 1.11 bits per heavy atom. The van der Waals surface area contributed by atoms with Crippen molar-refractivity contribution in [2.75, 3.05) is 14.2 Å². The lowest BCUT2D eigenvalue weighted by atomic mass is 10.1. The van der Waals surface area contributed by atoms with Crippen molar-refractivity contribution in [1.82, 2.24) is 4.90 Å². The van der Waals surface area contributed by atoms with Crippen molar-refractivity contribution in [3.63, 3.8) is 0 Å². The number of fused-ring (bicyclic) bond motifs is 1. The maximum atomic E-state index is 13.3. The molecule has 2 aliphatic heterocycles. The third kappa shape index (κ3) is 5.81. The highest BCUT2D eigenvalue weighted by Gasteiger charge is 2.55. The molecular weight excluding hydrogens is 537 g/mol. The van der Waals surface area contributed by atoms with Crippen LogP contribution in [0.4, 0.5) is 5.69 Å². The van der Waals surface area contributed by atoms with Gasteiger partial charge in [0, 0.05) is 32.8 Å². The van der Waals surface area contributed by atoms with E-state index in [1.54, 1.807) is 0 Å². The van der Waals surface area contributed by atoms with E-state index in [4.69, 9.17) is 18.3 Å². The number of hydrogen-bond donors (Lipinski definition) is 0. The summed E-state index contributed by atoms with van der Waals surface area (Å²) in [6.45, 7) is 1.11. The molecule has 12 nitrogen and oxygen atoms in total. The highest BCUT2D eigenvalue weighted by Crippen LogP contribution is 2.51. The molecule has 1 saturated heterocycles. The van der Waals surface area contributed by atoms with Gasteiger partial charge in [-0.1, -0.05) is 42.1 Å². The topological polar surface area (TPSA) is 147 Å². The molecule has 0 bridgehead atoms. The number of thioether (sulfide) groups is 1. The number of ether oxygens (including phenoxy) is 1. The van der Waals surface area contributed by atoms with Crippen LogP contribution in [0.1, 0.15) is 18.1 Å². The first-order valence-corrected chi connectivity index (χ1v) is 13.6. The van der Waals surface area contributed by atoms with Crippen LogP contribution in [0.15, 0.2) is 71.0 Å². The number of carbonyl (C=O) groups excluding carboxylic acids is 2. The molecule has 1 amide bonds. The molecule has 38 heavy (non-hydrogen) atoms. The van der Waals surface area contributed by atoms with Gasteiger partial charge in [-0.3, -0.25) is 33.8 Å². The average Bonchev–Trinajstić information content (AvgIpc) is 3.29. The predicted octanol–water partition coefficient (Wildman–Crippen LogP) is 4.21. The smallest absolute Gasteiger partial charge is 0.456 e. The standard InChI is InChI=1S/C24H24N3O9PS/c1-15(36-37(32,33-2)34-3)21(24(29)35-14-17-9-11-18(12-10-17)27(30)31)26-22(28)20-23(26)38-19(25-20)13-16-7-5-4-6-8-16/h4-12,20,23H,13-14H2,1-3H3. The minimum Gasteiger partial charge on any atom is -0.456 e. The van der Waals surface area contributed by atoms with E-state index >= 15 is 0 Å². The lowest BCUT2D eigenvalue weighted by Crippen LogP contribution is -2.61. The Labute approximate surface area is 222 Å². The maximum Gasteiger partial charge on any atom is 0.529 e. The van der Waals surface area contributed by atoms with Crippen molar-refractivity contribution >= 4 is 42.2 Å². The monoisotopic (exact) mass is 561 g/mol. The fraction of sp³-hybridized carbons (Fsp3) is 0.292. The molecule has 200 valence electrons. The second-order valence-corrected chi connectivity index (χ2v) is 11.2. The highest BCUT2D eigenvalue weighted by atomic mass is 32.2. The first-order chi connectivity index (χ1) is 18.2. The summed E-state index contributed by atoms with van der Waals surface area (Å²) in [6.07, 6.45) is 0.529. The number of benzene rings is 2. The molecule has 0 radical (unpaired) electrons. The number of carbonyl (C=O) groups is 2. The summed E-state index contributed by atoms with van der Waals surface area (Å²) in [4.78, 5) is 42.4. The first-order valence-electron chi connectivity index (χ1n) is 11.3. The number of amides is 1. The molecule has 0 spiro atoms. The van der Waals surface area contributed by atoms with Gasteiger partial charge < -0.3 is 9.26 Å². The Balaban J connectivity index is 1.55. The zero-order valence-electron chi connectivity index (χ0n) is 20.6. The van der Waals surface area contributed by atoms with Crippen LogP contribution in [0.2, 0.25) is 0 Å². The summed E-state index contributed by atoms with van der Waals surface area (Å²) in [6, 6.07) is 14.4. The van der Waals surface area contributed by atoms with Crippen LogP contribution < -0.4 is 0 Å². The van der Waals surface area contributed by atoms with Gasteiger partial charge in [0.2, 0.25) is 0 Å². The quantitative estimate of drug-likeness (QED) is 0.0743. The molecular formula is C24H24N3O9PS. The number of phosphoric ester groups is 1. The van der Waals surface area contributed by atoms with Gasteiger partial charge in [-0.05, 0) is 30.2 Å². The predicted molar refractivity (Wildman–Crippen MR) is 138 cm³/mol. The molecule has 0 aliphatic carbocycles. The third-order valence-electron chi connectivity index (χ3n) is 5.73. The van der Waals surface area contributed by atoms with Crippen LogP contribution in [-0.2, 0) is 45.5 Å². The van der Waals surface area contributed by atoms with Crippen LogP contribution in [0, 0.1) is 10.1 Å². The van der Waals surface area contributed by atoms with E-state index in [9.17, 15) is 24.3 Å². The molecule has 0 aromatic heterocycles. The number of non-ortho nitro benzene ring substituents is 1. The summed E-state index contributed by atoms with van der Waals surface area (Å²) >= 11 is 1.34. The number of rotatable bonds is 11. The van der Waals surface area contributed by atoms with Gasteiger partial charge in [0.15, 0.2) is 11.7 Å². The van der Waals surface area contributed by atoms with Crippen LogP contribution in [0.5, 0.6) is 0 Å². The Morgan fingerprint density at radius 3 is 2.37 bits per heavy atom. The first kappa shape index (κ1) is 27.5. The van der Waals surface area contributed by atoms with Crippen molar-refractivity contribution in [3.05, 3.63) is 87.3 Å². The van der Waals surface area contributed by atoms with Gasteiger partial charge in [0.05, 0.1) is 9.97 Å². The number of phosphoric acid groups is 1. The largest absolute Gasteiger partial charge is 0.529 e. The molecule has 2 aromatic rings. The van der Waals surface area contributed by atoms with Gasteiger partial charge in [-0.15, -0.1) is 0 Å². The van der Waals surface area contributed by atoms with Crippen LogP contribution in [-0.4, -0.2) is 52.4 Å². The number of allylic oxidation sites excluding steroid dienone is 1. The van der Waals surface area contributed by atoms with Crippen LogP contribution in [0.25, 0.3) is 0 Å². The molecule has 2 aromatic carbocycles. The minimum atomic E-state index is -4.06. The number of nitrogens with zero attached hydrogens (tertiary/aromatic N) is 3. The second-order valence-electron chi connectivity index (χ2n) is 8.15. The van der Waals surface area contributed by atoms with Crippen molar-refractivity contribution in [2.45, 2.75) is 31.4 Å². The second kappa shape index (κ2) is 11.5. The fourth-order valence-electron chi connectivity index (χ4n) is 3.81. The van der Waals surface area contributed by atoms with Gasteiger partial charge in [0.25, 0.3) is 11.6 Å². The van der Waals surface area contributed by atoms with Crippen molar-refractivity contribution in [1.29, 1.82) is 0 Å². The maximum absolute atomic E-state index is 13.3. The van der Waals surface area contributed by atoms with Gasteiger partial charge in [0.1, 0.15) is 17.7 Å². The number of β-lactam (4-membered cyclic amide) rings is 1. The number of hydrogen-bond acceptors (Lipinski definition) is 11. The lowest BCUT2D eigenvalue weighted by Gasteiger charge is -2.41. The van der Waals surface area contributed by atoms with E-state index < -0.39 is 36.0 Å². The number of nitro groups is 1. The van der Waals surface area contributed by atoms with E-state index in [0.717, 1.165) is 24.8 Å². The van der Waals surface area contributed by atoms with E-state index in [1.807, 2.05) is 30.3 Å². The van der Waals surface area contributed by atoms with E-state index in [1.165, 1.54) is 47.9 Å². The zero-order chi connectivity index (χ0) is 27.4. The zero-order valence-corrected chi connectivity index (χ0v) is 22.3. The minimum absolute atomic E-state index is 0.110. The molecule has 2 atom stereocenters. The Hall–Kier alpha value is -3.51. The number of aliphatic imine (C=N–C) groups is 1. The summed E-state index contributed by atoms with van der Waals surface area (Å²) in [5.74, 6) is -1.57. The summed E-state index contributed by atoms with van der Waals surface area (Å²) in [5, 5.41) is 11.1. The normalized spacial score (nSPS) is 19.2. The SMILES string of the molecule is COP(=O)(OC)OC(C)=C(C(=O)OCc1ccc([N+](=O)[O-])cc1)N1C(=O)C2N=C(Cc3ccccc3)SC21. The van der Waals surface area contributed by atoms with E-state index in [0.29, 0.717) is 12.0 Å². The summed E-state index contributed by atoms with van der Waals surface area (Å²) < 4.78 is 33.0. The average molecular weight is 562 g/mol. The van der Waals surface area contributed by atoms with Crippen LogP contribution >= 0.6 is 19.6 Å². The van der Waals surface area contributed by atoms with E-state index in [2.05, 4.69) is 4.99 Å². The summed E-state index contributed by atoms with van der Waals surface area (Å²) in [5.41, 5.74) is 1.13. The third-order valence-corrected chi connectivity index (χ3v) is 8.36. The number of nitro benzene ring substituents is 1. The molecule has 14 heteroatoms. The number of esters is 1. The Bertz CT molecular complexity index is 1340. The molecule has 2 unspecified atom stereocenters. The van der Waals surface area contributed by atoms with Crippen LogP contribution in [0.3, 0.4) is 0 Å². The Morgan fingerprint density at radius 2 is 1.76 bits per heavy atom. The molecule has 2 heterocycles. The molecule has 0 saturated carbocycles. The van der Waals surface area contributed by atoms with Crippen molar-refractivity contribution in [2.24, 2.45) is 4.99 Å². The van der Waals surface area contributed by atoms with Gasteiger partial charge >= 0.3 is 13.8 Å². The van der Waals surface area contributed by atoms with Crippen molar-refractivity contribution < 1.29 is 37.4 Å². The van der Waals surface area contributed by atoms with Gasteiger partial charge in [-0.2, -0.15) is 0 Å². The molecule has 0 N–H and O–H groups in total. The number of likely N-dealkylation sites (tertiary alicyclic amines) is 1. The molecule has 2 aliphatic rings. The highest BCUT2D eigenvalue weighted by molar-refractivity contribution is 8.14. The lowest BCUT2D eigenvalue weighted by molar-refractivity contribution is -0.384. The fourth-order valence-corrected chi connectivity index (χ4v) is 5.85. The van der Waals surface area contributed by atoms with Crippen molar-refractivity contribution in [3.8, 4) is 0 Å². The summed E-state index contributed by atoms with van der Waals surface area (Å²) in [7, 11) is -1.82. The Kier molecular flexibility index (Phi) is 8.32. The molecule has 4 rings (SSSR count). The van der Waals surface area contributed by atoms with Gasteiger partial charge in [-0.25, -0.2) is 9.36 Å².